The van der Waals surface area contributed by atoms with Gasteiger partial charge in [-0.3, -0.25) is 4.79 Å². The van der Waals surface area contributed by atoms with Gasteiger partial charge in [-0.2, -0.15) is 0 Å². The van der Waals surface area contributed by atoms with Crippen LogP contribution in [0, 0.1) is 6.92 Å². The van der Waals surface area contributed by atoms with Gasteiger partial charge in [0, 0.05) is 5.56 Å². The average Bonchev–Trinajstić information content (AvgIpc) is 2.33. The van der Waals surface area contributed by atoms with Crippen molar-refractivity contribution in [3.63, 3.8) is 0 Å². The summed E-state index contributed by atoms with van der Waals surface area (Å²) in [6.07, 6.45) is 0.0234. The number of carbonyl (C=O) groups is 1. The van der Waals surface area contributed by atoms with Gasteiger partial charge in [0.25, 0.3) is 0 Å². The largest absolute Gasteiger partial charge is 0.496 e. The minimum atomic E-state index is -0.843. The Bertz CT molecular complexity index is 491. The zero-order valence-corrected chi connectivity index (χ0v) is 11.4. The van der Waals surface area contributed by atoms with E-state index in [-0.39, 0.29) is 6.42 Å². The molecule has 5 heteroatoms. The van der Waals surface area contributed by atoms with Crippen LogP contribution in [0.1, 0.15) is 17.5 Å². The molecule has 1 heterocycles. The molecule has 5 nitrogen and oxygen atoms in total. The van der Waals surface area contributed by atoms with Crippen molar-refractivity contribution in [2.24, 2.45) is 0 Å². The van der Waals surface area contributed by atoms with E-state index < -0.39 is 11.4 Å². The van der Waals surface area contributed by atoms with E-state index in [0.717, 1.165) is 16.9 Å². The molecule has 0 spiro atoms. The second-order valence-corrected chi connectivity index (χ2v) is 4.87. The maximum atomic E-state index is 11.1. The molecular weight excluding hydrogens is 248 g/mol. The lowest BCUT2D eigenvalue weighted by Crippen LogP contribution is -2.48. The first kappa shape index (κ1) is 13.7. The standard InChI is InChI=1S/C14H18O5/c1-9-4-12(18-3)10(5-11(9)17-2)14(6-13(15)16)7-19-8-14/h4-5H,6-8H2,1-3H3,(H,15,16). The molecule has 1 fully saturated rings. The van der Waals surface area contributed by atoms with E-state index >= 15 is 0 Å². The Hall–Kier alpha value is -1.75. The Morgan fingerprint density at radius 1 is 1.32 bits per heavy atom. The number of carboxylic acid groups (broad SMARTS) is 1. The van der Waals surface area contributed by atoms with Gasteiger partial charge in [-0.05, 0) is 24.6 Å². The number of rotatable bonds is 5. The Morgan fingerprint density at radius 2 is 1.95 bits per heavy atom. The quantitative estimate of drug-likeness (QED) is 0.879. The zero-order chi connectivity index (χ0) is 14.0. The van der Waals surface area contributed by atoms with Gasteiger partial charge in [-0.25, -0.2) is 0 Å². The van der Waals surface area contributed by atoms with Crippen LogP contribution in [0.4, 0.5) is 0 Å². The lowest BCUT2D eigenvalue weighted by atomic mass is 9.75. The molecule has 0 unspecified atom stereocenters. The van der Waals surface area contributed by atoms with Crippen LogP contribution in [0.5, 0.6) is 11.5 Å². The number of hydrogen-bond acceptors (Lipinski definition) is 4. The average molecular weight is 266 g/mol. The molecule has 1 saturated heterocycles. The molecule has 104 valence electrons. The van der Waals surface area contributed by atoms with Crippen molar-refractivity contribution in [1.29, 1.82) is 0 Å². The molecule has 0 amide bonds. The zero-order valence-electron chi connectivity index (χ0n) is 11.4. The van der Waals surface area contributed by atoms with Crippen LogP contribution in [0.15, 0.2) is 12.1 Å². The highest BCUT2D eigenvalue weighted by atomic mass is 16.5. The first-order valence-electron chi connectivity index (χ1n) is 6.05. The van der Waals surface area contributed by atoms with E-state index in [1.165, 1.54) is 0 Å². The molecule has 0 aliphatic carbocycles. The molecule has 0 radical (unpaired) electrons. The van der Waals surface area contributed by atoms with E-state index in [4.69, 9.17) is 19.3 Å². The number of methoxy groups -OCH3 is 2. The van der Waals surface area contributed by atoms with Crippen LogP contribution in [0.25, 0.3) is 0 Å². The molecular formula is C14H18O5. The van der Waals surface area contributed by atoms with Gasteiger partial charge in [-0.15, -0.1) is 0 Å². The first-order chi connectivity index (χ1) is 9.02. The normalized spacial score (nSPS) is 16.6. The van der Waals surface area contributed by atoms with Gasteiger partial charge >= 0.3 is 5.97 Å². The number of aryl methyl sites for hydroxylation is 1. The maximum Gasteiger partial charge on any atom is 0.304 e. The molecule has 0 atom stereocenters. The summed E-state index contributed by atoms with van der Waals surface area (Å²) in [7, 11) is 3.18. The second kappa shape index (κ2) is 5.09. The van der Waals surface area contributed by atoms with Crippen molar-refractivity contribution in [3.05, 3.63) is 23.3 Å². The van der Waals surface area contributed by atoms with Crippen LogP contribution >= 0.6 is 0 Å². The molecule has 1 aliphatic rings. The lowest BCUT2D eigenvalue weighted by molar-refractivity contribution is -0.145. The fourth-order valence-corrected chi connectivity index (χ4v) is 2.46. The van der Waals surface area contributed by atoms with Crippen molar-refractivity contribution in [3.8, 4) is 11.5 Å². The minimum absolute atomic E-state index is 0.0234. The van der Waals surface area contributed by atoms with Gasteiger partial charge in [-0.1, -0.05) is 0 Å². The number of aliphatic carboxylic acids is 1. The lowest BCUT2D eigenvalue weighted by Gasteiger charge is -2.41. The minimum Gasteiger partial charge on any atom is -0.496 e. The topological polar surface area (TPSA) is 65.0 Å². The summed E-state index contributed by atoms with van der Waals surface area (Å²) < 4.78 is 15.9. The Kier molecular flexibility index (Phi) is 3.66. The van der Waals surface area contributed by atoms with Gasteiger partial charge in [0.15, 0.2) is 0 Å². The van der Waals surface area contributed by atoms with Crippen LogP contribution < -0.4 is 9.47 Å². The van der Waals surface area contributed by atoms with E-state index in [1.54, 1.807) is 14.2 Å². The summed E-state index contributed by atoms with van der Waals surface area (Å²) in [6, 6.07) is 3.73. The molecule has 1 aromatic carbocycles. The molecule has 2 rings (SSSR count). The summed E-state index contributed by atoms with van der Waals surface area (Å²) in [5, 5.41) is 9.09. The van der Waals surface area contributed by atoms with Gasteiger partial charge < -0.3 is 19.3 Å². The van der Waals surface area contributed by atoms with Gasteiger partial charge in [0.1, 0.15) is 11.5 Å². The summed E-state index contributed by atoms with van der Waals surface area (Å²) in [4.78, 5) is 11.1. The SMILES string of the molecule is COc1cc(C2(CC(=O)O)COC2)c(OC)cc1C. The fourth-order valence-electron chi connectivity index (χ4n) is 2.46. The molecule has 0 saturated carbocycles. The van der Waals surface area contributed by atoms with Crippen LogP contribution in [0.2, 0.25) is 0 Å². The molecule has 0 bridgehead atoms. The molecule has 1 aromatic rings. The smallest absolute Gasteiger partial charge is 0.304 e. The number of ether oxygens (including phenoxy) is 3. The van der Waals surface area contributed by atoms with Crippen molar-refractivity contribution < 1.29 is 24.1 Å². The number of hydrogen-bond donors (Lipinski definition) is 1. The van der Waals surface area contributed by atoms with E-state index in [1.807, 2.05) is 19.1 Å². The third-order valence-corrected chi connectivity index (χ3v) is 3.53. The third kappa shape index (κ3) is 2.38. The predicted molar refractivity (Wildman–Crippen MR) is 69.0 cm³/mol. The number of benzene rings is 1. The Morgan fingerprint density at radius 3 is 2.37 bits per heavy atom. The first-order valence-corrected chi connectivity index (χ1v) is 6.05. The van der Waals surface area contributed by atoms with E-state index in [9.17, 15) is 4.79 Å². The highest BCUT2D eigenvalue weighted by Crippen LogP contribution is 2.43. The molecule has 1 aliphatic heterocycles. The van der Waals surface area contributed by atoms with Crippen molar-refractivity contribution in [1.82, 2.24) is 0 Å². The highest BCUT2D eigenvalue weighted by molar-refractivity contribution is 5.70. The monoisotopic (exact) mass is 266 g/mol. The fraction of sp³-hybridized carbons (Fsp3) is 0.500. The van der Waals surface area contributed by atoms with Crippen molar-refractivity contribution >= 4 is 5.97 Å². The van der Waals surface area contributed by atoms with Gasteiger partial charge in [0.05, 0.1) is 39.3 Å². The summed E-state index contributed by atoms with van der Waals surface area (Å²) in [6.45, 7) is 2.70. The van der Waals surface area contributed by atoms with Crippen molar-refractivity contribution in [2.75, 3.05) is 27.4 Å². The second-order valence-electron chi connectivity index (χ2n) is 4.87. The maximum absolute atomic E-state index is 11.1. The number of carboxylic acids is 1. The highest BCUT2D eigenvalue weighted by Gasteiger charge is 2.44. The van der Waals surface area contributed by atoms with Crippen molar-refractivity contribution in [2.45, 2.75) is 18.8 Å². The van der Waals surface area contributed by atoms with Crippen LogP contribution in [-0.2, 0) is 14.9 Å². The van der Waals surface area contributed by atoms with E-state index in [2.05, 4.69) is 0 Å². The third-order valence-electron chi connectivity index (χ3n) is 3.53. The summed E-state index contributed by atoms with van der Waals surface area (Å²) in [5.74, 6) is 0.570. The molecule has 19 heavy (non-hydrogen) atoms. The summed E-state index contributed by atoms with van der Waals surface area (Å²) in [5.41, 5.74) is 1.28. The Balaban J connectivity index is 2.49. The van der Waals surface area contributed by atoms with Gasteiger partial charge in [0.2, 0.25) is 0 Å². The molecule has 1 N–H and O–H groups in total. The van der Waals surface area contributed by atoms with Crippen LogP contribution in [0.3, 0.4) is 0 Å². The molecule has 0 aromatic heterocycles. The van der Waals surface area contributed by atoms with Crippen LogP contribution in [-0.4, -0.2) is 38.5 Å². The van der Waals surface area contributed by atoms with E-state index in [0.29, 0.717) is 19.0 Å². The predicted octanol–water partition coefficient (Wildman–Crippen LogP) is 1.75. The summed E-state index contributed by atoms with van der Waals surface area (Å²) >= 11 is 0. The Labute approximate surface area is 112 Å².